The van der Waals surface area contributed by atoms with Crippen molar-refractivity contribution in [1.82, 2.24) is 4.98 Å². The van der Waals surface area contributed by atoms with Crippen LogP contribution in [0.1, 0.15) is 23.8 Å². The topological polar surface area (TPSA) is 56.3 Å². The third kappa shape index (κ3) is 3.35. The summed E-state index contributed by atoms with van der Waals surface area (Å²) in [6, 6.07) is 1.71. The fraction of sp³-hybridized carbons (Fsp3) is 0.364. The second-order valence-electron chi connectivity index (χ2n) is 3.33. The third-order valence-electron chi connectivity index (χ3n) is 2.25. The molecule has 1 atom stereocenters. The molecule has 1 unspecified atom stereocenters. The summed E-state index contributed by atoms with van der Waals surface area (Å²) in [7, 11) is 1.27. The Morgan fingerprint density at radius 2 is 2.12 bits per heavy atom. The molecule has 1 rings (SSSR count). The number of nitrogens with zero attached hydrogens (tertiary/aromatic N) is 1. The van der Waals surface area contributed by atoms with Gasteiger partial charge in [-0.1, -0.05) is 6.92 Å². The molecule has 0 aliphatic heterocycles. The van der Waals surface area contributed by atoms with E-state index in [4.69, 9.17) is 0 Å². The van der Waals surface area contributed by atoms with Crippen LogP contribution >= 0.6 is 31.9 Å². The number of hydrogen-bond donors (Lipinski definition) is 0. The van der Waals surface area contributed by atoms with Crippen LogP contribution in [-0.2, 0) is 9.53 Å². The van der Waals surface area contributed by atoms with Crippen molar-refractivity contribution in [1.29, 1.82) is 0 Å². The van der Waals surface area contributed by atoms with E-state index in [-0.39, 0.29) is 11.5 Å². The first-order valence-electron chi connectivity index (χ1n) is 4.94. The van der Waals surface area contributed by atoms with Gasteiger partial charge in [-0.2, -0.15) is 0 Å². The maximum atomic E-state index is 12.1. The lowest BCUT2D eigenvalue weighted by atomic mass is 9.98. The first-order chi connectivity index (χ1) is 8.01. The second-order valence-corrected chi connectivity index (χ2v) is 5.10. The van der Waals surface area contributed by atoms with Gasteiger partial charge in [0.05, 0.1) is 7.11 Å². The van der Waals surface area contributed by atoms with E-state index < -0.39 is 11.9 Å². The van der Waals surface area contributed by atoms with Gasteiger partial charge in [-0.25, -0.2) is 0 Å². The molecule has 4 nitrogen and oxygen atoms in total. The summed E-state index contributed by atoms with van der Waals surface area (Å²) in [6.45, 7) is 1.76. The number of ether oxygens (including phenoxy) is 1. The minimum absolute atomic E-state index is 0.241. The molecule has 0 spiro atoms. The zero-order valence-corrected chi connectivity index (χ0v) is 12.5. The molecule has 1 aromatic rings. The van der Waals surface area contributed by atoms with Crippen molar-refractivity contribution in [2.75, 3.05) is 7.11 Å². The quantitative estimate of drug-likeness (QED) is 0.468. The Morgan fingerprint density at radius 1 is 1.47 bits per heavy atom. The summed E-state index contributed by atoms with van der Waals surface area (Å²) in [5, 5.41) is 0. The highest BCUT2D eigenvalue weighted by Gasteiger charge is 2.28. The maximum Gasteiger partial charge on any atom is 0.316 e. The van der Waals surface area contributed by atoms with Gasteiger partial charge in [-0.05, 0) is 44.3 Å². The van der Waals surface area contributed by atoms with Crippen LogP contribution in [0, 0.1) is 5.92 Å². The summed E-state index contributed by atoms with van der Waals surface area (Å²) in [6.07, 6.45) is 1.90. The molecule has 92 valence electrons. The molecule has 0 amide bonds. The van der Waals surface area contributed by atoms with Crippen LogP contribution in [0.4, 0.5) is 0 Å². The standard InChI is InChI=1S/C11H11Br2NO3/c1-3-7(11(16)17-2)10(15)9-8(13)4-6(12)5-14-9/h4-5,7H,3H2,1-2H3. The molecular formula is C11H11Br2NO3. The minimum Gasteiger partial charge on any atom is -0.468 e. The van der Waals surface area contributed by atoms with Crippen molar-refractivity contribution < 1.29 is 14.3 Å². The van der Waals surface area contributed by atoms with Crippen LogP contribution in [0.2, 0.25) is 0 Å². The van der Waals surface area contributed by atoms with Crippen molar-refractivity contribution in [2.24, 2.45) is 5.92 Å². The van der Waals surface area contributed by atoms with Crippen LogP contribution in [0.15, 0.2) is 21.2 Å². The molecule has 6 heteroatoms. The molecule has 1 aromatic heterocycles. The average molecular weight is 365 g/mol. The van der Waals surface area contributed by atoms with Gasteiger partial charge in [0, 0.05) is 15.1 Å². The molecule has 0 aliphatic carbocycles. The van der Waals surface area contributed by atoms with E-state index in [9.17, 15) is 9.59 Å². The van der Waals surface area contributed by atoms with Gasteiger partial charge < -0.3 is 4.74 Å². The number of carbonyl (C=O) groups excluding carboxylic acids is 2. The largest absolute Gasteiger partial charge is 0.468 e. The highest BCUT2D eigenvalue weighted by Crippen LogP contribution is 2.23. The van der Waals surface area contributed by atoms with Gasteiger partial charge in [0.1, 0.15) is 11.6 Å². The predicted octanol–water partition coefficient (Wildman–Crippen LogP) is 2.99. The molecule has 0 N–H and O–H groups in total. The van der Waals surface area contributed by atoms with Gasteiger partial charge in [0.25, 0.3) is 0 Å². The zero-order chi connectivity index (χ0) is 13.0. The molecule has 0 bridgehead atoms. The number of esters is 1. The number of rotatable bonds is 4. The fourth-order valence-electron chi connectivity index (χ4n) is 1.36. The van der Waals surface area contributed by atoms with Gasteiger partial charge in [0.2, 0.25) is 0 Å². The summed E-state index contributed by atoms with van der Waals surface area (Å²) >= 11 is 6.50. The molecular weight excluding hydrogens is 354 g/mol. The number of aromatic nitrogens is 1. The van der Waals surface area contributed by atoms with E-state index in [0.717, 1.165) is 4.47 Å². The lowest BCUT2D eigenvalue weighted by Crippen LogP contribution is -2.25. The second kappa shape index (κ2) is 6.26. The summed E-state index contributed by atoms with van der Waals surface area (Å²) in [5.74, 6) is -1.67. The van der Waals surface area contributed by atoms with Gasteiger partial charge in [-0.3, -0.25) is 14.6 Å². The Hall–Kier alpha value is -0.750. The molecule has 0 fully saturated rings. The van der Waals surface area contributed by atoms with E-state index in [1.807, 2.05) is 0 Å². The first-order valence-corrected chi connectivity index (χ1v) is 6.53. The predicted molar refractivity (Wildman–Crippen MR) is 69.8 cm³/mol. The van der Waals surface area contributed by atoms with Crippen LogP contribution in [0.5, 0.6) is 0 Å². The summed E-state index contributed by atoms with van der Waals surface area (Å²) in [4.78, 5) is 27.6. The van der Waals surface area contributed by atoms with Crippen molar-refractivity contribution in [3.8, 4) is 0 Å². The number of carbonyl (C=O) groups is 2. The Bertz CT molecular complexity index is 448. The van der Waals surface area contributed by atoms with E-state index in [0.29, 0.717) is 10.9 Å². The molecule has 0 radical (unpaired) electrons. The van der Waals surface area contributed by atoms with Gasteiger partial charge in [-0.15, -0.1) is 0 Å². The Kier molecular flexibility index (Phi) is 5.27. The Balaban J connectivity index is 3.06. The average Bonchev–Trinajstić information content (AvgIpc) is 2.29. The smallest absolute Gasteiger partial charge is 0.316 e. The summed E-state index contributed by atoms with van der Waals surface area (Å²) < 4.78 is 5.91. The number of methoxy groups -OCH3 is 1. The van der Waals surface area contributed by atoms with E-state index >= 15 is 0 Å². The number of Topliss-reactive ketones (excluding diaryl/α,β-unsaturated/α-hetero) is 1. The highest BCUT2D eigenvalue weighted by molar-refractivity contribution is 9.11. The van der Waals surface area contributed by atoms with E-state index in [2.05, 4.69) is 41.6 Å². The Labute approximate surface area is 116 Å². The normalized spacial score (nSPS) is 12.0. The van der Waals surface area contributed by atoms with Crippen molar-refractivity contribution in [3.05, 3.63) is 26.9 Å². The lowest BCUT2D eigenvalue weighted by molar-refractivity contribution is -0.143. The van der Waals surface area contributed by atoms with Gasteiger partial charge >= 0.3 is 5.97 Å². The van der Waals surface area contributed by atoms with Gasteiger partial charge in [0.15, 0.2) is 5.78 Å². The number of pyridine rings is 1. The summed E-state index contributed by atoms with van der Waals surface area (Å²) in [5.41, 5.74) is 0.241. The number of halogens is 2. The molecule has 17 heavy (non-hydrogen) atoms. The van der Waals surface area contributed by atoms with Crippen LogP contribution in [0.25, 0.3) is 0 Å². The van der Waals surface area contributed by atoms with E-state index in [1.165, 1.54) is 13.3 Å². The van der Waals surface area contributed by atoms with Crippen LogP contribution < -0.4 is 0 Å². The fourth-order valence-corrected chi connectivity index (χ4v) is 2.55. The van der Waals surface area contributed by atoms with Crippen molar-refractivity contribution >= 4 is 43.6 Å². The lowest BCUT2D eigenvalue weighted by Gasteiger charge is -2.11. The zero-order valence-electron chi connectivity index (χ0n) is 9.37. The van der Waals surface area contributed by atoms with Crippen molar-refractivity contribution in [2.45, 2.75) is 13.3 Å². The highest BCUT2D eigenvalue weighted by atomic mass is 79.9. The maximum absolute atomic E-state index is 12.1. The number of ketones is 1. The number of hydrogen-bond acceptors (Lipinski definition) is 4. The molecule has 0 aromatic carbocycles. The van der Waals surface area contributed by atoms with Crippen molar-refractivity contribution in [3.63, 3.8) is 0 Å². The van der Waals surface area contributed by atoms with E-state index in [1.54, 1.807) is 13.0 Å². The molecule has 0 aliphatic rings. The molecule has 0 saturated carbocycles. The Morgan fingerprint density at radius 3 is 2.59 bits per heavy atom. The third-order valence-corrected chi connectivity index (χ3v) is 3.29. The monoisotopic (exact) mass is 363 g/mol. The molecule has 0 saturated heterocycles. The SMILES string of the molecule is CCC(C(=O)OC)C(=O)c1ncc(Br)cc1Br. The minimum atomic E-state index is -0.801. The van der Waals surface area contributed by atoms with Crippen LogP contribution in [0.3, 0.4) is 0 Å². The first kappa shape index (κ1) is 14.3. The molecule has 1 heterocycles. The van der Waals surface area contributed by atoms with Crippen LogP contribution in [-0.4, -0.2) is 23.8 Å².